The molecule has 6 nitrogen and oxygen atoms in total. The van der Waals surface area contributed by atoms with E-state index in [1.807, 2.05) is 29.4 Å². The van der Waals surface area contributed by atoms with E-state index >= 15 is 0 Å². The number of aromatic nitrogens is 3. The Balaban J connectivity index is 0.00000196. The van der Waals surface area contributed by atoms with E-state index in [1.165, 1.54) is 12.8 Å². The van der Waals surface area contributed by atoms with Gasteiger partial charge in [0.05, 0.1) is 5.69 Å². The fourth-order valence-electron chi connectivity index (χ4n) is 3.43. The molecule has 0 aromatic carbocycles. The van der Waals surface area contributed by atoms with Crippen LogP contribution in [0.2, 0.25) is 0 Å². The highest BCUT2D eigenvalue weighted by Gasteiger charge is 2.20. The summed E-state index contributed by atoms with van der Waals surface area (Å²) in [6.07, 6.45) is 7.85. The van der Waals surface area contributed by atoms with Crippen LogP contribution in [0, 0.1) is 5.92 Å². The van der Waals surface area contributed by atoms with Crippen LogP contribution in [-0.4, -0.2) is 45.2 Å². The van der Waals surface area contributed by atoms with Gasteiger partial charge in [0.1, 0.15) is 6.54 Å². The van der Waals surface area contributed by atoms with Crippen molar-refractivity contribution in [2.75, 3.05) is 19.6 Å². The van der Waals surface area contributed by atoms with E-state index in [2.05, 4.69) is 35.3 Å². The average Bonchev–Trinajstić information content (AvgIpc) is 3.11. The molecule has 8 heteroatoms. The second-order valence-electron chi connectivity index (χ2n) is 7.51. The third kappa shape index (κ3) is 7.08. The van der Waals surface area contributed by atoms with Gasteiger partial charge in [-0.25, -0.2) is 0 Å². The number of amides is 1. The lowest BCUT2D eigenvalue weighted by Crippen LogP contribution is -2.36. The topological polar surface area (TPSA) is 63.1 Å². The Kier molecular flexibility index (Phi) is 10.5. The molecule has 1 N–H and O–H groups in total. The third-order valence-electron chi connectivity index (χ3n) is 4.71. The molecule has 1 saturated heterocycles. The first-order valence-electron chi connectivity index (χ1n) is 9.52. The van der Waals surface area contributed by atoms with Crippen LogP contribution < -0.4 is 5.32 Å². The van der Waals surface area contributed by atoms with Gasteiger partial charge in [-0.1, -0.05) is 19.9 Å². The number of hydrogen-bond donors (Lipinski definition) is 1. The molecule has 1 amide bonds. The minimum Gasteiger partial charge on any atom is -0.336 e. The zero-order valence-electron chi connectivity index (χ0n) is 16.6. The van der Waals surface area contributed by atoms with Crippen molar-refractivity contribution in [3.8, 4) is 0 Å². The van der Waals surface area contributed by atoms with Crippen molar-refractivity contribution < 1.29 is 4.79 Å². The van der Waals surface area contributed by atoms with Gasteiger partial charge in [0.2, 0.25) is 5.91 Å². The lowest BCUT2D eigenvalue weighted by Gasteiger charge is -2.25. The van der Waals surface area contributed by atoms with E-state index in [1.54, 1.807) is 10.9 Å². The molecule has 0 spiro atoms. The second kappa shape index (κ2) is 12.0. The molecule has 0 saturated carbocycles. The first kappa shape index (κ1) is 24.4. The Labute approximate surface area is 179 Å². The van der Waals surface area contributed by atoms with Crippen LogP contribution in [0.4, 0.5) is 0 Å². The fourth-order valence-corrected chi connectivity index (χ4v) is 3.43. The molecular weight excluding hydrogens is 397 g/mol. The van der Waals surface area contributed by atoms with Gasteiger partial charge in [-0.2, -0.15) is 5.10 Å². The number of pyridine rings is 1. The fraction of sp³-hybridized carbons (Fsp3) is 0.550. The van der Waals surface area contributed by atoms with E-state index in [4.69, 9.17) is 0 Å². The normalized spacial score (nSPS) is 16.2. The number of nitrogens with one attached hydrogen (secondary N) is 1. The lowest BCUT2D eigenvalue weighted by molar-refractivity contribution is -0.133. The number of halogens is 2. The van der Waals surface area contributed by atoms with E-state index in [-0.39, 0.29) is 37.3 Å². The molecule has 3 heterocycles. The molecule has 0 aliphatic carbocycles. The van der Waals surface area contributed by atoms with Gasteiger partial charge in [0.15, 0.2) is 0 Å². The minimum absolute atomic E-state index is 0. The Morgan fingerprint density at radius 1 is 1.36 bits per heavy atom. The van der Waals surface area contributed by atoms with Crippen molar-refractivity contribution in [3.05, 3.63) is 48.0 Å². The lowest BCUT2D eigenvalue weighted by atomic mass is 9.97. The van der Waals surface area contributed by atoms with Gasteiger partial charge in [0, 0.05) is 44.1 Å². The maximum absolute atomic E-state index is 12.9. The molecule has 1 fully saturated rings. The Morgan fingerprint density at radius 2 is 2.18 bits per heavy atom. The Hall–Kier alpha value is -1.63. The van der Waals surface area contributed by atoms with Crippen molar-refractivity contribution in [3.63, 3.8) is 0 Å². The van der Waals surface area contributed by atoms with Crippen LogP contribution in [0.5, 0.6) is 0 Å². The zero-order chi connectivity index (χ0) is 18.4. The smallest absolute Gasteiger partial charge is 0.244 e. The maximum atomic E-state index is 12.9. The zero-order valence-corrected chi connectivity index (χ0v) is 18.2. The summed E-state index contributed by atoms with van der Waals surface area (Å²) in [5.41, 5.74) is 2.14. The van der Waals surface area contributed by atoms with E-state index in [9.17, 15) is 4.79 Å². The minimum atomic E-state index is 0. The number of piperidine rings is 1. The summed E-state index contributed by atoms with van der Waals surface area (Å²) in [6.45, 7) is 7.93. The van der Waals surface area contributed by atoms with Gasteiger partial charge in [0.25, 0.3) is 0 Å². The molecule has 3 rings (SSSR count). The number of carbonyl (C=O) groups is 1. The summed E-state index contributed by atoms with van der Waals surface area (Å²) < 4.78 is 1.78. The third-order valence-corrected chi connectivity index (χ3v) is 4.71. The Morgan fingerprint density at radius 3 is 2.82 bits per heavy atom. The van der Waals surface area contributed by atoms with Crippen molar-refractivity contribution in [1.82, 2.24) is 25.0 Å². The SMILES string of the molecule is CC(C)CN(Cc1cccnc1)C(=O)Cn1ccc(C2CCCNC2)n1.Cl.Cl. The number of carbonyl (C=O) groups excluding carboxylic acids is 1. The van der Waals surface area contributed by atoms with Gasteiger partial charge < -0.3 is 10.2 Å². The van der Waals surface area contributed by atoms with Crippen LogP contribution in [-0.2, 0) is 17.9 Å². The van der Waals surface area contributed by atoms with E-state index in [0.717, 1.165) is 30.9 Å². The first-order valence-corrected chi connectivity index (χ1v) is 9.52. The molecule has 1 aliphatic rings. The van der Waals surface area contributed by atoms with Crippen molar-refractivity contribution >= 4 is 30.7 Å². The summed E-state index contributed by atoms with van der Waals surface area (Å²) in [5.74, 6) is 0.971. The monoisotopic (exact) mass is 427 g/mol. The number of rotatable bonds is 7. The highest BCUT2D eigenvalue weighted by atomic mass is 35.5. The standard InChI is InChI=1S/C20H29N5O.2ClH/c1-16(2)13-24(14-17-5-3-8-21-11-17)20(26)15-25-10-7-19(23-25)18-6-4-9-22-12-18;;/h3,5,7-8,10-11,16,18,22H,4,6,9,12-15H2,1-2H3;2*1H. The van der Waals surface area contributed by atoms with Crippen LogP contribution in [0.3, 0.4) is 0 Å². The molecule has 2 aromatic heterocycles. The van der Waals surface area contributed by atoms with Crippen LogP contribution in [0.1, 0.15) is 43.9 Å². The van der Waals surface area contributed by atoms with Crippen molar-refractivity contribution in [2.24, 2.45) is 5.92 Å². The molecular formula is C20H31Cl2N5O. The van der Waals surface area contributed by atoms with Gasteiger partial charge in [-0.15, -0.1) is 24.8 Å². The summed E-state index contributed by atoms with van der Waals surface area (Å²) in [4.78, 5) is 18.9. The van der Waals surface area contributed by atoms with Crippen molar-refractivity contribution in [1.29, 1.82) is 0 Å². The van der Waals surface area contributed by atoms with E-state index in [0.29, 0.717) is 18.4 Å². The summed E-state index contributed by atoms with van der Waals surface area (Å²) in [7, 11) is 0. The van der Waals surface area contributed by atoms with Crippen LogP contribution in [0.15, 0.2) is 36.8 Å². The van der Waals surface area contributed by atoms with Crippen molar-refractivity contribution in [2.45, 2.75) is 45.7 Å². The predicted molar refractivity (Wildman–Crippen MR) is 116 cm³/mol. The number of hydrogen-bond acceptors (Lipinski definition) is 4. The summed E-state index contributed by atoms with van der Waals surface area (Å²) in [5, 5.41) is 8.08. The van der Waals surface area contributed by atoms with E-state index < -0.39 is 0 Å². The Bertz CT molecular complexity index is 702. The highest BCUT2D eigenvalue weighted by molar-refractivity contribution is 5.85. The highest BCUT2D eigenvalue weighted by Crippen LogP contribution is 2.21. The van der Waals surface area contributed by atoms with Gasteiger partial charge >= 0.3 is 0 Å². The molecule has 1 unspecified atom stereocenters. The average molecular weight is 428 g/mol. The quantitative estimate of drug-likeness (QED) is 0.735. The first-order chi connectivity index (χ1) is 12.6. The summed E-state index contributed by atoms with van der Waals surface area (Å²) >= 11 is 0. The maximum Gasteiger partial charge on any atom is 0.244 e. The molecule has 28 heavy (non-hydrogen) atoms. The molecule has 2 aromatic rings. The molecule has 1 aliphatic heterocycles. The largest absolute Gasteiger partial charge is 0.336 e. The molecule has 156 valence electrons. The molecule has 0 bridgehead atoms. The second-order valence-corrected chi connectivity index (χ2v) is 7.51. The van der Waals surface area contributed by atoms with Crippen LogP contribution in [0.25, 0.3) is 0 Å². The van der Waals surface area contributed by atoms with Gasteiger partial charge in [-0.3, -0.25) is 14.5 Å². The number of nitrogens with zero attached hydrogens (tertiary/aromatic N) is 4. The van der Waals surface area contributed by atoms with Crippen LogP contribution >= 0.6 is 24.8 Å². The predicted octanol–water partition coefficient (Wildman–Crippen LogP) is 3.27. The molecule has 0 radical (unpaired) electrons. The summed E-state index contributed by atoms with van der Waals surface area (Å²) in [6, 6.07) is 5.97. The molecule has 1 atom stereocenters. The van der Waals surface area contributed by atoms with Gasteiger partial charge in [-0.05, 0) is 43.0 Å².